The first-order valence-corrected chi connectivity index (χ1v) is 30.9. The van der Waals surface area contributed by atoms with E-state index in [2.05, 4.69) is 33.8 Å². The van der Waals surface area contributed by atoms with Gasteiger partial charge in [0.15, 0.2) is 31.5 Å². The fourth-order valence-corrected chi connectivity index (χ4v) is 16.0. The van der Waals surface area contributed by atoms with Crippen LogP contribution in [0.2, 0.25) is 0 Å². The summed E-state index contributed by atoms with van der Waals surface area (Å²) >= 11 is 0. The molecule has 3 saturated carbocycles. The molecule has 0 aromatic carbocycles. The first-order chi connectivity index (χ1) is 38.8. The van der Waals surface area contributed by atoms with Crippen LogP contribution in [0.1, 0.15) is 113 Å². The molecule has 0 radical (unpaired) electrons. The predicted molar refractivity (Wildman–Crippen MR) is 281 cm³/mol. The van der Waals surface area contributed by atoms with Gasteiger partial charge in [-0.3, -0.25) is 4.55 Å². The molecular formula is C55H92O27S. The second kappa shape index (κ2) is 25.5. The van der Waals surface area contributed by atoms with E-state index in [1.807, 2.05) is 0 Å². The maximum absolute atomic E-state index is 12.3. The van der Waals surface area contributed by atoms with Gasteiger partial charge < -0.3 is 114 Å². The van der Waals surface area contributed by atoms with Crippen molar-refractivity contribution in [1.29, 1.82) is 0 Å². The van der Waals surface area contributed by atoms with Gasteiger partial charge in [-0.1, -0.05) is 39.3 Å². The summed E-state index contributed by atoms with van der Waals surface area (Å²) in [5, 5.41) is 146. The normalized spacial score (nSPS) is 51.7. The van der Waals surface area contributed by atoms with Gasteiger partial charge >= 0.3 is 10.4 Å². The molecule has 5 aliphatic heterocycles. The average Bonchev–Trinajstić information content (AvgIpc) is 1.89. The third-order valence-electron chi connectivity index (χ3n) is 20.3. The zero-order chi connectivity index (χ0) is 60.7. The highest BCUT2D eigenvalue weighted by atomic mass is 32.3. The van der Waals surface area contributed by atoms with Crippen LogP contribution in [0.5, 0.6) is 0 Å². The number of rotatable bonds is 17. The molecule has 0 unspecified atom stereocenters. The standard InChI is InChI=1S/C55H92O27S/c1-21(2)9-12-34(58)55(8,68)33-11-10-27-26-18-32(29-17-25(82-83(69,70)71)13-15-53(29,6)28(26)14-16-54(27,33)7)77-50-43(67)45(36(60)23(4)75-50)79-52-47(38(62)31(57)20-73-52)81-49-42(66)40(64)44(24(5)76-49)78-51-46(37(61)30(56)19-72-51)80-48-41(65)39(63)35(59)22(3)74-48/h14,21-27,29-52,56-68H,9-13,15-20H2,1-8H3,(H,69,70,71)/t22-,23-,24-,25-,26-,27+,29+,30-,31-,32-,33+,34-,35-,36-,37+,38+,39+,40-,41-,42-,43-,44-,45+,46-,47-,48+,49+,50+,51+,52+,53+,54-,55+/m0/s1. The van der Waals surface area contributed by atoms with Gasteiger partial charge in [0, 0.05) is 0 Å². The molecule has 8 fully saturated rings. The van der Waals surface area contributed by atoms with Gasteiger partial charge in [0.1, 0.15) is 91.6 Å². The molecule has 0 amide bonds. The SMILES string of the molecule is CC(C)CC[C@H](O)[C@](C)(O)[C@@H]1CC[C@@H]2[C@@H]3C[C@H](O[C@H]4O[C@@H](C)[C@H](O)[C@@H](O[C@H]5OC[C@H](O)[C@@H](O)[C@@H]5O[C@H]5O[C@@H](C)[C@H](O[C@H]6OC[C@H](O)[C@@H](O)[C@@H]6O[C@H]6O[C@@H](C)[C@H](O)[C@@H](O)[C@@H]6O)[C@@H](O)[C@@H]5O)[C@@H]4O)[C@H]4C[C@@H](OS(=O)(=O)O)CC[C@]4(C)C3=CC[C@@]21C. The Morgan fingerprint density at radius 1 is 0.614 bits per heavy atom. The Morgan fingerprint density at radius 3 is 1.72 bits per heavy atom. The van der Waals surface area contributed by atoms with Crippen molar-refractivity contribution in [3.05, 3.63) is 11.6 Å². The predicted octanol–water partition coefficient (Wildman–Crippen LogP) is -2.25. The Labute approximate surface area is 483 Å². The Hall–Kier alpha value is -1.31. The lowest BCUT2D eigenvalue weighted by Crippen LogP contribution is -2.66. The Balaban J connectivity index is 0.910. The van der Waals surface area contributed by atoms with Crippen molar-refractivity contribution >= 4 is 10.4 Å². The second-order valence-electron chi connectivity index (χ2n) is 26.3. The van der Waals surface area contributed by atoms with Gasteiger partial charge in [-0.15, -0.1) is 0 Å². The summed E-state index contributed by atoms with van der Waals surface area (Å²) < 4.78 is 99.4. The van der Waals surface area contributed by atoms with Gasteiger partial charge in [-0.2, -0.15) is 8.42 Å². The monoisotopic (exact) mass is 1220 g/mol. The number of ether oxygens (including phenoxy) is 10. The summed E-state index contributed by atoms with van der Waals surface area (Å²) in [5.74, 6) is -0.479. The zero-order valence-electron chi connectivity index (χ0n) is 48.2. The molecule has 9 aliphatic rings. The third-order valence-corrected chi connectivity index (χ3v) is 20.8. The van der Waals surface area contributed by atoms with E-state index in [1.165, 1.54) is 26.3 Å². The third kappa shape index (κ3) is 13.0. The van der Waals surface area contributed by atoms with Gasteiger partial charge in [0.2, 0.25) is 0 Å². The highest BCUT2D eigenvalue weighted by molar-refractivity contribution is 7.80. The number of aliphatic hydroxyl groups excluding tert-OH is 12. The first kappa shape index (κ1) is 66.1. The van der Waals surface area contributed by atoms with Crippen molar-refractivity contribution in [2.75, 3.05) is 13.2 Å². The lowest BCUT2D eigenvalue weighted by molar-refractivity contribution is -0.392. The average molecular weight is 1220 g/mol. The van der Waals surface area contributed by atoms with Crippen molar-refractivity contribution in [1.82, 2.24) is 0 Å². The molecule has 33 atom stereocenters. The molecule has 14 N–H and O–H groups in total. The van der Waals surface area contributed by atoms with E-state index in [4.69, 9.17) is 51.6 Å². The van der Waals surface area contributed by atoms with Crippen LogP contribution in [-0.4, -0.2) is 258 Å². The Morgan fingerprint density at radius 2 is 1.14 bits per heavy atom. The van der Waals surface area contributed by atoms with Crippen LogP contribution in [0.25, 0.3) is 0 Å². The molecule has 27 nitrogen and oxygen atoms in total. The van der Waals surface area contributed by atoms with Crippen LogP contribution in [0, 0.1) is 40.4 Å². The van der Waals surface area contributed by atoms with Crippen LogP contribution in [0.15, 0.2) is 11.6 Å². The van der Waals surface area contributed by atoms with Gasteiger partial charge in [0.05, 0.1) is 55.4 Å². The van der Waals surface area contributed by atoms with Crippen LogP contribution >= 0.6 is 0 Å². The van der Waals surface area contributed by atoms with E-state index in [0.717, 1.165) is 12.8 Å². The van der Waals surface area contributed by atoms with Crippen LogP contribution in [0.3, 0.4) is 0 Å². The topological polar surface area (TPSA) is 419 Å². The summed E-state index contributed by atoms with van der Waals surface area (Å²) in [6, 6.07) is 0. The zero-order valence-corrected chi connectivity index (χ0v) is 49.0. The van der Waals surface area contributed by atoms with Crippen LogP contribution < -0.4 is 0 Å². The fraction of sp³-hybridized carbons (Fsp3) is 0.964. The van der Waals surface area contributed by atoms with E-state index in [-0.39, 0.29) is 30.6 Å². The van der Waals surface area contributed by atoms with Crippen LogP contribution in [-0.2, 0) is 62.0 Å². The lowest BCUT2D eigenvalue weighted by atomic mass is 9.47. The Kier molecular flexibility index (Phi) is 20.3. The number of hydrogen-bond donors (Lipinski definition) is 14. The van der Waals surface area contributed by atoms with Crippen molar-refractivity contribution in [2.24, 2.45) is 40.4 Å². The Bertz CT molecular complexity index is 2320. The summed E-state index contributed by atoms with van der Waals surface area (Å²) in [4.78, 5) is 0. The number of allylic oxidation sites excluding steroid dienone is 2. The van der Waals surface area contributed by atoms with Crippen molar-refractivity contribution in [2.45, 2.75) is 278 Å². The van der Waals surface area contributed by atoms with E-state index in [0.29, 0.717) is 38.0 Å². The van der Waals surface area contributed by atoms with Gasteiger partial charge in [-0.25, -0.2) is 4.18 Å². The molecule has 83 heavy (non-hydrogen) atoms. The summed E-state index contributed by atoms with van der Waals surface area (Å²) in [6.07, 6.45) is -33.3. The summed E-state index contributed by atoms with van der Waals surface area (Å²) in [5.41, 5.74) is -1.26. The lowest BCUT2D eigenvalue weighted by Gasteiger charge is -2.60. The first-order valence-electron chi connectivity index (χ1n) is 29.5. The number of hydrogen-bond acceptors (Lipinski definition) is 26. The molecule has 5 saturated heterocycles. The molecular weight excluding hydrogens is 1120 g/mol. The largest absolute Gasteiger partial charge is 0.397 e. The molecule has 0 aromatic heterocycles. The van der Waals surface area contributed by atoms with Crippen molar-refractivity contribution in [3.8, 4) is 0 Å². The van der Waals surface area contributed by atoms with E-state index in [9.17, 15) is 79.4 Å². The van der Waals surface area contributed by atoms with Gasteiger partial charge in [0.25, 0.3) is 0 Å². The molecule has 0 aromatic rings. The summed E-state index contributed by atoms with van der Waals surface area (Å²) in [6.45, 7) is 13.4. The smallest absolute Gasteiger partial charge is 0.390 e. The molecule has 4 aliphatic carbocycles. The number of aliphatic hydroxyl groups is 13. The molecule has 28 heteroatoms. The quantitative estimate of drug-likeness (QED) is 0.0541. The minimum absolute atomic E-state index is 0.0226. The van der Waals surface area contributed by atoms with E-state index < -0.39 is 206 Å². The van der Waals surface area contributed by atoms with Crippen molar-refractivity contribution in [3.63, 3.8) is 0 Å². The van der Waals surface area contributed by atoms with E-state index >= 15 is 0 Å². The fourth-order valence-electron chi connectivity index (χ4n) is 15.4. The minimum Gasteiger partial charge on any atom is -0.390 e. The molecule has 0 spiro atoms. The highest BCUT2D eigenvalue weighted by Gasteiger charge is 2.64. The second-order valence-corrected chi connectivity index (χ2v) is 27.3. The van der Waals surface area contributed by atoms with Gasteiger partial charge in [-0.05, 0) is 126 Å². The summed E-state index contributed by atoms with van der Waals surface area (Å²) in [7, 11) is -4.85. The minimum atomic E-state index is -4.85. The van der Waals surface area contributed by atoms with E-state index in [1.54, 1.807) is 6.92 Å². The molecule has 480 valence electrons. The molecule has 0 bridgehead atoms. The molecule has 5 heterocycles. The van der Waals surface area contributed by atoms with Crippen molar-refractivity contribution < 1.29 is 131 Å². The molecule has 9 rings (SSSR count). The number of fused-ring (bicyclic) bond motifs is 5. The maximum Gasteiger partial charge on any atom is 0.397 e. The highest BCUT2D eigenvalue weighted by Crippen LogP contribution is 2.67. The van der Waals surface area contributed by atoms with Crippen LogP contribution in [0.4, 0.5) is 0 Å². The maximum atomic E-state index is 12.3.